The number of nitrogens with zero attached hydrogens (tertiary/aromatic N) is 1. The molecule has 0 aliphatic carbocycles. The summed E-state index contributed by atoms with van der Waals surface area (Å²) >= 11 is 0. The monoisotopic (exact) mass is 432 g/mol. The predicted molar refractivity (Wildman–Crippen MR) is 92.1 cm³/mol. The average Bonchev–Trinajstić information content (AvgIpc) is 2.66. The first-order valence-corrected chi connectivity index (χ1v) is 8.49. The lowest BCUT2D eigenvalue weighted by atomic mass is 10.0. The van der Waals surface area contributed by atoms with Gasteiger partial charge in [0, 0.05) is 17.8 Å². The lowest BCUT2D eigenvalue weighted by Crippen LogP contribution is -2.42. The molecule has 0 bridgehead atoms. The average molecular weight is 432 g/mol. The molecule has 1 aliphatic rings. The van der Waals surface area contributed by atoms with Gasteiger partial charge in [0.2, 0.25) is 11.8 Å². The van der Waals surface area contributed by atoms with Crippen LogP contribution in [-0.4, -0.2) is 23.5 Å². The maximum Gasteiger partial charge on any atom is 0.418 e. The number of hydrogen-bond donors (Lipinski definition) is 1. The van der Waals surface area contributed by atoms with Gasteiger partial charge in [-0.25, -0.2) is 4.98 Å². The molecule has 11 heteroatoms. The van der Waals surface area contributed by atoms with Crippen molar-refractivity contribution in [2.24, 2.45) is 0 Å². The standard InChI is InChI=1S/C19H14F6N2O3/c1-2-15(28)27-11-6-10-4-3-5-14(17(10)29-9-11)30-16-7-12(18(20,21)22)13(8-26-16)19(23,24)25/h2-5,7-8,11H,1,6,9H2,(H,27,28). The molecule has 0 saturated heterocycles. The van der Waals surface area contributed by atoms with Gasteiger partial charge < -0.3 is 14.8 Å². The van der Waals surface area contributed by atoms with E-state index in [0.29, 0.717) is 12.0 Å². The van der Waals surface area contributed by atoms with E-state index in [4.69, 9.17) is 9.47 Å². The number of amides is 1. The van der Waals surface area contributed by atoms with Crippen LogP contribution < -0.4 is 14.8 Å². The molecule has 1 atom stereocenters. The Morgan fingerprint density at radius 1 is 1.20 bits per heavy atom. The minimum absolute atomic E-state index is 0.0126. The second kappa shape index (κ2) is 7.88. The number of alkyl halides is 6. The third kappa shape index (κ3) is 4.66. The van der Waals surface area contributed by atoms with Crippen molar-refractivity contribution in [1.82, 2.24) is 10.3 Å². The number of carbonyl (C=O) groups is 1. The van der Waals surface area contributed by atoms with E-state index in [-0.39, 0.29) is 36.4 Å². The van der Waals surface area contributed by atoms with Gasteiger partial charge in [-0.15, -0.1) is 0 Å². The van der Waals surface area contributed by atoms with E-state index in [9.17, 15) is 31.1 Å². The zero-order valence-electron chi connectivity index (χ0n) is 15.1. The summed E-state index contributed by atoms with van der Waals surface area (Å²) < 4.78 is 88.8. The summed E-state index contributed by atoms with van der Waals surface area (Å²) in [6.07, 6.45) is -8.95. The number of fused-ring (bicyclic) bond motifs is 1. The molecular formula is C19H14F6N2O3. The van der Waals surface area contributed by atoms with E-state index in [1.54, 1.807) is 6.07 Å². The second-order valence-corrected chi connectivity index (χ2v) is 6.33. The summed E-state index contributed by atoms with van der Waals surface area (Å²) in [5.41, 5.74) is -3.22. The van der Waals surface area contributed by atoms with Crippen molar-refractivity contribution in [3.63, 3.8) is 0 Å². The molecule has 0 spiro atoms. The highest BCUT2D eigenvalue weighted by Crippen LogP contribution is 2.42. The number of hydrogen-bond acceptors (Lipinski definition) is 4. The third-order valence-electron chi connectivity index (χ3n) is 4.19. The molecule has 1 aromatic heterocycles. The maximum atomic E-state index is 13.1. The van der Waals surface area contributed by atoms with Crippen molar-refractivity contribution in [2.45, 2.75) is 24.8 Å². The van der Waals surface area contributed by atoms with Gasteiger partial charge in [-0.3, -0.25) is 4.79 Å². The summed E-state index contributed by atoms with van der Waals surface area (Å²) in [7, 11) is 0. The predicted octanol–water partition coefficient (Wildman–Crippen LogP) is 4.52. The Morgan fingerprint density at radius 3 is 2.53 bits per heavy atom. The van der Waals surface area contributed by atoms with Gasteiger partial charge in [0.25, 0.3) is 0 Å². The minimum Gasteiger partial charge on any atom is -0.487 e. The summed E-state index contributed by atoms with van der Waals surface area (Å²) in [6.45, 7) is 3.40. The number of aromatic nitrogens is 1. The quantitative estimate of drug-likeness (QED) is 0.570. The van der Waals surface area contributed by atoms with Crippen LogP contribution >= 0.6 is 0 Å². The fourth-order valence-corrected chi connectivity index (χ4v) is 2.89. The van der Waals surface area contributed by atoms with Gasteiger partial charge in [-0.1, -0.05) is 18.7 Å². The summed E-state index contributed by atoms with van der Waals surface area (Å²) in [5.74, 6) is -0.874. The zero-order chi connectivity index (χ0) is 22.1. The number of halogens is 6. The molecule has 0 fully saturated rings. The van der Waals surface area contributed by atoms with Crippen LogP contribution in [0.3, 0.4) is 0 Å². The molecule has 30 heavy (non-hydrogen) atoms. The van der Waals surface area contributed by atoms with Crippen molar-refractivity contribution in [2.75, 3.05) is 6.61 Å². The number of carbonyl (C=O) groups excluding carboxylic acids is 1. The molecule has 0 saturated carbocycles. The number of ether oxygens (including phenoxy) is 2. The molecule has 2 heterocycles. The van der Waals surface area contributed by atoms with Crippen molar-refractivity contribution in [3.05, 3.63) is 59.8 Å². The van der Waals surface area contributed by atoms with E-state index in [2.05, 4.69) is 16.9 Å². The zero-order valence-corrected chi connectivity index (χ0v) is 15.1. The summed E-state index contributed by atoms with van der Waals surface area (Å²) in [5, 5.41) is 2.66. The van der Waals surface area contributed by atoms with Crippen molar-refractivity contribution in [1.29, 1.82) is 0 Å². The maximum absolute atomic E-state index is 13.1. The molecule has 1 aliphatic heterocycles. The van der Waals surface area contributed by atoms with Crippen LogP contribution in [0.25, 0.3) is 0 Å². The fourth-order valence-electron chi connectivity index (χ4n) is 2.89. The van der Waals surface area contributed by atoms with Gasteiger partial charge in [0.15, 0.2) is 11.5 Å². The Hall–Kier alpha value is -3.24. The Bertz CT molecular complexity index is 972. The summed E-state index contributed by atoms with van der Waals surface area (Å²) in [6, 6.07) is 4.41. The Labute approximate surface area is 166 Å². The molecule has 5 nitrogen and oxygen atoms in total. The normalized spacial score (nSPS) is 16.3. The number of nitrogens with one attached hydrogen (secondary N) is 1. The van der Waals surface area contributed by atoms with Crippen LogP contribution in [0.2, 0.25) is 0 Å². The minimum atomic E-state index is -5.25. The largest absolute Gasteiger partial charge is 0.487 e. The van der Waals surface area contributed by atoms with Crippen molar-refractivity contribution < 1.29 is 40.6 Å². The molecule has 3 rings (SSSR count). The Balaban J connectivity index is 1.89. The van der Waals surface area contributed by atoms with E-state index in [1.165, 1.54) is 12.1 Å². The fraction of sp³-hybridized carbons (Fsp3) is 0.263. The second-order valence-electron chi connectivity index (χ2n) is 6.33. The molecule has 1 N–H and O–H groups in total. The first kappa shape index (κ1) is 21.5. The molecule has 1 amide bonds. The molecule has 0 radical (unpaired) electrons. The summed E-state index contributed by atoms with van der Waals surface area (Å²) in [4.78, 5) is 14.8. The van der Waals surface area contributed by atoms with Crippen LogP contribution in [-0.2, 0) is 23.6 Å². The van der Waals surface area contributed by atoms with E-state index in [0.717, 1.165) is 6.08 Å². The first-order valence-electron chi connectivity index (χ1n) is 8.49. The third-order valence-corrected chi connectivity index (χ3v) is 4.19. The van der Waals surface area contributed by atoms with Crippen molar-refractivity contribution in [3.8, 4) is 17.4 Å². The highest BCUT2D eigenvalue weighted by Gasteiger charge is 2.44. The van der Waals surface area contributed by atoms with Crippen LogP contribution in [0.5, 0.6) is 17.4 Å². The molecule has 1 aromatic carbocycles. The lowest BCUT2D eigenvalue weighted by molar-refractivity contribution is -0.162. The molecular weight excluding hydrogens is 418 g/mol. The van der Waals surface area contributed by atoms with Crippen LogP contribution in [0, 0.1) is 0 Å². The number of benzene rings is 1. The van der Waals surface area contributed by atoms with Gasteiger partial charge >= 0.3 is 12.4 Å². The number of pyridine rings is 1. The van der Waals surface area contributed by atoms with E-state index >= 15 is 0 Å². The highest BCUT2D eigenvalue weighted by atomic mass is 19.4. The number of rotatable bonds is 4. The molecule has 160 valence electrons. The smallest absolute Gasteiger partial charge is 0.418 e. The van der Waals surface area contributed by atoms with E-state index < -0.39 is 35.3 Å². The Kier molecular flexibility index (Phi) is 5.64. The highest BCUT2D eigenvalue weighted by molar-refractivity contribution is 5.87. The Morgan fingerprint density at radius 2 is 1.90 bits per heavy atom. The van der Waals surface area contributed by atoms with Gasteiger partial charge in [-0.2, -0.15) is 26.3 Å². The van der Waals surface area contributed by atoms with Gasteiger partial charge in [0.1, 0.15) is 6.61 Å². The van der Waals surface area contributed by atoms with E-state index in [1.807, 2.05) is 0 Å². The van der Waals surface area contributed by atoms with Crippen LogP contribution in [0.1, 0.15) is 16.7 Å². The van der Waals surface area contributed by atoms with Crippen LogP contribution in [0.15, 0.2) is 43.1 Å². The topological polar surface area (TPSA) is 60.5 Å². The molecule has 2 aromatic rings. The van der Waals surface area contributed by atoms with Gasteiger partial charge in [-0.05, 0) is 18.6 Å². The first-order chi connectivity index (χ1) is 14.0. The van der Waals surface area contributed by atoms with Gasteiger partial charge in [0.05, 0.1) is 17.2 Å². The van der Waals surface area contributed by atoms with Crippen LogP contribution in [0.4, 0.5) is 26.3 Å². The molecule has 1 unspecified atom stereocenters. The SMILES string of the molecule is C=CC(=O)NC1COc2c(cccc2Oc2cc(C(F)(F)F)c(C(F)(F)F)cn2)C1. The lowest BCUT2D eigenvalue weighted by Gasteiger charge is -2.27. The number of para-hydroxylation sites is 1. The van der Waals surface area contributed by atoms with Crippen molar-refractivity contribution >= 4 is 5.91 Å².